The van der Waals surface area contributed by atoms with Crippen LogP contribution in [0.5, 0.6) is 0 Å². The Morgan fingerprint density at radius 1 is 1.03 bits per heavy atom. The van der Waals surface area contributed by atoms with E-state index in [-0.39, 0.29) is 30.0 Å². The number of carbonyl (C=O) groups is 3. The first kappa shape index (κ1) is 26.4. The predicted molar refractivity (Wildman–Crippen MR) is 135 cm³/mol. The summed E-state index contributed by atoms with van der Waals surface area (Å²) in [5.74, 6) is -0.984. The molecule has 0 heterocycles. The number of ketones is 1. The van der Waals surface area contributed by atoms with Gasteiger partial charge in [0.1, 0.15) is 12.6 Å². The second-order valence-electron chi connectivity index (χ2n) is 9.05. The van der Waals surface area contributed by atoms with Crippen molar-refractivity contribution < 1.29 is 22.8 Å². The zero-order valence-corrected chi connectivity index (χ0v) is 21.3. The summed E-state index contributed by atoms with van der Waals surface area (Å²) in [5, 5.41) is 3.03. The minimum absolute atomic E-state index is 0.0977. The lowest BCUT2D eigenvalue weighted by Gasteiger charge is -2.32. The normalized spacial score (nSPS) is 14.8. The van der Waals surface area contributed by atoms with Crippen molar-refractivity contribution in [2.75, 3.05) is 17.1 Å². The zero-order chi connectivity index (χ0) is 25.6. The van der Waals surface area contributed by atoms with Crippen LogP contribution in [0, 0.1) is 0 Å². The molecule has 8 nitrogen and oxygen atoms in total. The zero-order valence-electron chi connectivity index (χ0n) is 20.4. The second-order valence-corrected chi connectivity index (χ2v) is 11.0. The highest BCUT2D eigenvalue weighted by Crippen LogP contribution is 2.22. The summed E-state index contributed by atoms with van der Waals surface area (Å²) < 4.78 is 26.3. The molecule has 0 saturated heterocycles. The molecule has 0 radical (unpaired) electrons. The van der Waals surface area contributed by atoms with Crippen molar-refractivity contribution in [3.8, 4) is 0 Å². The number of sulfonamides is 1. The molecule has 9 heteroatoms. The van der Waals surface area contributed by atoms with Crippen LogP contribution in [0.15, 0.2) is 54.6 Å². The average Bonchev–Trinajstić information content (AvgIpc) is 3.33. The molecular formula is C26H33N3O5S. The number of anilines is 1. The quantitative estimate of drug-likeness (QED) is 0.506. The van der Waals surface area contributed by atoms with E-state index in [9.17, 15) is 22.8 Å². The highest BCUT2D eigenvalue weighted by Gasteiger charge is 2.31. The molecule has 2 amide bonds. The second kappa shape index (κ2) is 11.5. The van der Waals surface area contributed by atoms with Crippen LogP contribution in [0.1, 0.15) is 55.5 Å². The summed E-state index contributed by atoms with van der Waals surface area (Å²) in [6, 6.07) is 14.7. The summed E-state index contributed by atoms with van der Waals surface area (Å²) in [7, 11) is -3.85. The molecule has 188 valence electrons. The van der Waals surface area contributed by atoms with E-state index in [1.54, 1.807) is 25.1 Å². The monoisotopic (exact) mass is 499 g/mol. The van der Waals surface area contributed by atoms with Crippen LogP contribution >= 0.6 is 0 Å². The molecule has 35 heavy (non-hydrogen) atoms. The van der Waals surface area contributed by atoms with Gasteiger partial charge in [0.25, 0.3) is 0 Å². The van der Waals surface area contributed by atoms with Gasteiger partial charge in [-0.1, -0.05) is 55.3 Å². The number of Topliss-reactive ketones (excluding diaryl/α,β-unsaturated/α-hetero) is 1. The molecule has 3 rings (SSSR count). The number of amides is 2. The molecule has 1 saturated carbocycles. The van der Waals surface area contributed by atoms with Crippen LogP contribution in [-0.2, 0) is 26.2 Å². The summed E-state index contributed by atoms with van der Waals surface area (Å²) in [4.78, 5) is 39.8. The van der Waals surface area contributed by atoms with Gasteiger partial charge in [0.15, 0.2) is 5.78 Å². The third kappa shape index (κ3) is 7.14. The molecule has 2 aromatic rings. The van der Waals surface area contributed by atoms with Gasteiger partial charge in [0.05, 0.1) is 11.9 Å². The third-order valence-corrected chi connectivity index (χ3v) is 7.43. The summed E-state index contributed by atoms with van der Waals surface area (Å²) >= 11 is 0. The lowest BCUT2D eigenvalue weighted by Crippen LogP contribution is -2.52. The standard InChI is InChI=1S/C26H33N3O5S/c1-19(26(32)27-23-13-7-8-14-23)28(17-21-10-5-4-6-11-21)25(31)18-29(35(3,33)34)24-15-9-12-22(16-24)20(2)30/h4-6,9-12,15-16,19,23H,7-8,13-14,17-18H2,1-3H3,(H,27,32)/t19-/m1/s1. The molecule has 0 spiro atoms. The smallest absolute Gasteiger partial charge is 0.244 e. The molecule has 0 aromatic heterocycles. The molecule has 1 atom stereocenters. The maximum Gasteiger partial charge on any atom is 0.244 e. The van der Waals surface area contributed by atoms with Crippen molar-refractivity contribution in [2.24, 2.45) is 0 Å². The van der Waals surface area contributed by atoms with Crippen LogP contribution in [0.3, 0.4) is 0 Å². The first-order chi connectivity index (χ1) is 16.6. The van der Waals surface area contributed by atoms with Crippen molar-refractivity contribution in [2.45, 2.75) is 58.2 Å². The molecule has 0 aliphatic heterocycles. The Bertz CT molecular complexity index is 1160. The van der Waals surface area contributed by atoms with E-state index in [0.717, 1.165) is 41.8 Å². The molecule has 1 fully saturated rings. The van der Waals surface area contributed by atoms with Crippen molar-refractivity contribution in [1.29, 1.82) is 0 Å². The van der Waals surface area contributed by atoms with Crippen LogP contribution in [-0.4, -0.2) is 55.8 Å². The first-order valence-corrected chi connectivity index (χ1v) is 13.6. The SMILES string of the molecule is CC(=O)c1cccc(N(CC(=O)N(Cc2ccccc2)[C@H](C)C(=O)NC2CCCC2)S(C)(=O)=O)c1. The molecular weight excluding hydrogens is 466 g/mol. The van der Waals surface area contributed by atoms with Gasteiger partial charge in [-0.15, -0.1) is 0 Å². The van der Waals surface area contributed by atoms with Gasteiger partial charge in [-0.05, 0) is 44.4 Å². The van der Waals surface area contributed by atoms with Gasteiger partial charge >= 0.3 is 0 Å². The molecule has 0 unspecified atom stereocenters. The van der Waals surface area contributed by atoms with Crippen molar-refractivity contribution in [3.05, 3.63) is 65.7 Å². The Morgan fingerprint density at radius 3 is 2.29 bits per heavy atom. The molecule has 2 aromatic carbocycles. The molecule has 1 aliphatic rings. The number of hydrogen-bond acceptors (Lipinski definition) is 5. The number of nitrogens with one attached hydrogen (secondary N) is 1. The fourth-order valence-electron chi connectivity index (χ4n) is 4.25. The fraction of sp³-hybridized carbons (Fsp3) is 0.423. The van der Waals surface area contributed by atoms with Crippen LogP contribution in [0.2, 0.25) is 0 Å². The molecule has 1 aliphatic carbocycles. The third-order valence-electron chi connectivity index (χ3n) is 6.28. The number of benzene rings is 2. The van der Waals surface area contributed by atoms with E-state index < -0.39 is 28.5 Å². The number of carbonyl (C=O) groups excluding carboxylic acids is 3. The number of rotatable bonds is 10. The number of nitrogens with zero attached hydrogens (tertiary/aromatic N) is 2. The van der Waals surface area contributed by atoms with Gasteiger partial charge in [0.2, 0.25) is 21.8 Å². The number of hydrogen-bond donors (Lipinski definition) is 1. The van der Waals surface area contributed by atoms with Crippen molar-refractivity contribution in [3.63, 3.8) is 0 Å². The minimum Gasteiger partial charge on any atom is -0.352 e. The lowest BCUT2D eigenvalue weighted by molar-refractivity contribution is -0.139. The van der Waals surface area contributed by atoms with Crippen LogP contribution in [0.4, 0.5) is 5.69 Å². The Labute approximate surface area is 207 Å². The average molecular weight is 500 g/mol. The lowest BCUT2D eigenvalue weighted by atomic mass is 10.1. The van der Waals surface area contributed by atoms with E-state index in [0.29, 0.717) is 5.56 Å². The van der Waals surface area contributed by atoms with E-state index in [4.69, 9.17) is 0 Å². The van der Waals surface area contributed by atoms with E-state index >= 15 is 0 Å². The maximum absolute atomic E-state index is 13.6. The van der Waals surface area contributed by atoms with Crippen molar-refractivity contribution in [1.82, 2.24) is 10.2 Å². The van der Waals surface area contributed by atoms with Gasteiger partial charge < -0.3 is 10.2 Å². The highest BCUT2D eigenvalue weighted by atomic mass is 32.2. The largest absolute Gasteiger partial charge is 0.352 e. The summed E-state index contributed by atoms with van der Waals surface area (Å²) in [6.45, 7) is 2.71. The van der Waals surface area contributed by atoms with Gasteiger partial charge in [0, 0.05) is 18.2 Å². The van der Waals surface area contributed by atoms with E-state index in [1.165, 1.54) is 17.9 Å². The summed E-state index contributed by atoms with van der Waals surface area (Å²) in [6.07, 6.45) is 4.97. The Kier molecular flexibility index (Phi) is 8.67. The molecule has 1 N–H and O–H groups in total. The van der Waals surface area contributed by atoms with Gasteiger partial charge in [-0.25, -0.2) is 8.42 Å². The Morgan fingerprint density at radius 2 is 1.69 bits per heavy atom. The van der Waals surface area contributed by atoms with Crippen molar-refractivity contribution >= 4 is 33.3 Å². The summed E-state index contributed by atoms with van der Waals surface area (Å²) in [5.41, 5.74) is 1.39. The topological polar surface area (TPSA) is 104 Å². The molecule has 0 bridgehead atoms. The predicted octanol–water partition coefficient (Wildman–Crippen LogP) is 3.13. The first-order valence-electron chi connectivity index (χ1n) is 11.8. The minimum atomic E-state index is -3.85. The fourth-order valence-corrected chi connectivity index (χ4v) is 5.09. The van der Waals surface area contributed by atoms with Gasteiger partial charge in [-0.2, -0.15) is 0 Å². The maximum atomic E-state index is 13.6. The van der Waals surface area contributed by atoms with Gasteiger partial charge in [-0.3, -0.25) is 18.7 Å². The van der Waals surface area contributed by atoms with Crippen LogP contribution in [0.25, 0.3) is 0 Å². The Hall–Kier alpha value is -3.20. The van der Waals surface area contributed by atoms with E-state index in [1.807, 2.05) is 30.3 Å². The highest BCUT2D eigenvalue weighted by molar-refractivity contribution is 7.92. The van der Waals surface area contributed by atoms with E-state index in [2.05, 4.69) is 5.32 Å². The van der Waals surface area contributed by atoms with Crippen LogP contribution < -0.4 is 9.62 Å². The Balaban J connectivity index is 1.88.